The predicted molar refractivity (Wildman–Crippen MR) is 70.0 cm³/mol. The Balaban J connectivity index is 2.21. The summed E-state index contributed by atoms with van der Waals surface area (Å²) in [6.07, 6.45) is 2.06. The summed E-state index contributed by atoms with van der Waals surface area (Å²) in [7, 11) is 0. The van der Waals surface area contributed by atoms with Crippen LogP contribution in [-0.2, 0) is 0 Å². The van der Waals surface area contributed by atoms with E-state index in [4.69, 9.17) is 9.98 Å². The third-order valence-corrected chi connectivity index (χ3v) is 3.29. The highest BCUT2D eigenvalue weighted by molar-refractivity contribution is 6.01. The third kappa shape index (κ3) is 1.98. The molecule has 0 radical (unpaired) electrons. The molecule has 0 aliphatic carbocycles. The molecule has 0 saturated heterocycles. The fourth-order valence-electron chi connectivity index (χ4n) is 2.01. The fraction of sp³-hybridized carbons (Fsp3) is 0.714. The number of rotatable bonds is 0. The van der Waals surface area contributed by atoms with E-state index in [1.54, 1.807) is 0 Å². The van der Waals surface area contributed by atoms with Crippen molar-refractivity contribution in [2.45, 2.75) is 54.4 Å². The Morgan fingerprint density at radius 1 is 0.750 bits per heavy atom. The van der Waals surface area contributed by atoms with Gasteiger partial charge in [0.15, 0.2) is 5.82 Å². The van der Waals surface area contributed by atoms with Crippen LogP contribution in [0.4, 0.5) is 0 Å². The molecule has 0 atom stereocenters. The van der Waals surface area contributed by atoms with Crippen LogP contribution in [0.1, 0.15) is 54.4 Å². The molecule has 0 bridgehead atoms. The number of allylic oxidation sites excluding steroid dienone is 1. The number of nitrogens with zero attached hydrogens (tertiary/aromatic N) is 2. The lowest BCUT2D eigenvalue weighted by molar-refractivity contribution is 0.577. The summed E-state index contributed by atoms with van der Waals surface area (Å²) >= 11 is 0. The second kappa shape index (κ2) is 3.28. The molecule has 0 aromatic carbocycles. The quantitative estimate of drug-likeness (QED) is 0.587. The van der Waals surface area contributed by atoms with Crippen molar-refractivity contribution in [1.82, 2.24) is 0 Å². The van der Waals surface area contributed by atoms with Gasteiger partial charge in [0.1, 0.15) is 0 Å². The largest absolute Gasteiger partial charge is 0.237 e. The Morgan fingerprint density at radius 2 is 1.12 bits per heavy atom. The van der Waals surface area contributed by atoms with E-state index in [0.717, 1.165) is 18.7 Å². The standard InChI is InChI=1S/C14H22N2/c1-13(2,3)10-7-9-8-11(14(4,5)6)16-12(9)15-10/h7-8H2,1-6H3. The number of hydrogen-bond donors (Lipinski definition) is 0. The normalized spacial score (nSPS) is 21.1. The van der Waals surface area contributed by atoms with Crippen LogP contribution in [0.2, 0.25) is 0 Å². The monoisotopic (exact) mass is 218 g/mol. The second-order valence-corrected chi connectivity index (χ2v) is 6.90. The molecule has 0 saturated carbocycles. The van der Waals surface area contributed by atoms with Gasteiger partial charge in [0, 0.05) is 35.1 Å². The third-order valence-electron chi connectivity index (χ3n) is 3.29. The van der Waals surface area contributed by atoms with Crippen molar-refractivity contribution in [2.24, 2.45) is 20.8 Å². The molecule has 2 heterocycles. The number of hydrogen-bond acceptors (Lipinski definition) is 2. The first-order valence-corrected chi connectivity index (χ1v) is 6.06. The van der Waals surface area contributed by atoms with Gasteiger partial charge in [-0.25, -0.2) is 9.98 Å². The van der Waals surface area contributed by atoms with Crippen LogP contribution in [0.3, 0.4) is 0 Å². The van der Waals surface area contributed by atoms with Gasteiger partial charge in [0.25, 0.3) is 0 Å². The summed E-state index contributed by atoms with van der Waals surface area (Å²) in [5, 5.41) is 0. The van der Waals surface area contributed by atoms with Crippen LogP contribution >= 0.6 is 0 Å². The number of aliphatic imine (C=N–C) groups is 2. The maximum Gasteiger partial charge on any atom is 0.151 e. The Kier molecular flexibility index (Phi) is 2.37. The smallest absolute Gasteiger partial charge is 0.151 e. The molecule has 0 spiro atoms. The first-order valence-electron chi connectivity index (χ1n) is 6.06. The highest BCUT2D eigenvalue weighted by Gasteiger charge is 2.33. The minimum Gasteiger partial charge on any atom is -0.237 e. The Bertz CT molecular complexity index is 371. The van der Waals surface area contributed by atoms with Gasteiger partial charge < -0.3 is 0 Å². The van der Waals surface area contributed by atoms with Gasteiger partial charge in [-0.15, -0.1) is 0 Å². The van der Waals surface area contributed by atoms with E-state index in [2.05, 4.69) is 41.5 Å². The summed E-state index contributed by atoms with van der Waals surface area (Å²) in [5.74, 6) is 1.01. The lowest BCUT2D eigenvalue weighted by atomic mass is 9.84. The zero-order valence-electron chi connectivity index (χ0n) is 11.3. The van der Waals surface area contributed by atoms with Crippen molar-refractivity contribution in [2.75, 3.05) is 0 Å². The van der Waals surface area contributed by atoms with Crippen LogP contribution in [0.25, 0.3) is 0 Å². The molecule has 0 fully saturated rings. The molecular weight excluding hydrogens is 196 g/mol. The van der Waals surface area contributed by atoms with Crippen molar-refractivity contribution < 1.29 is 0 Å². The first-order chi connectivity index (χ1) is 7.18. The molecular formula is C14H22N2. The minimum absolute atomic E-state index is 0.182. The van der Waals surface area contributed by atoms with E-state index in [9.17, 15) is 0 Å². The van der Waals surface area contributed by atoms with Crippen molar-refractivity contribution in [3.05, 3.63) is 11.4 Å². The van der Waals surface area contributed by atoms with Gasteiger partial charge in [-0.3, -0.25) is 0 Å². The molecule has 16 heavy (non-hydrogen) atoms. The van der Waals surface area contributed by atoms with E-state index < -0.39 is 0 Å². The highest BCUT2D eigenvalue weighted by Crippen LogP contribution is 2.38. The lowest BCUT2D eigenvalue weighted by Gasteiger charge is -2.21. The zero-order valence-corrected chi connectivity index (χ0v) is 11.3. The molecule has 0 N–H and O–H groups in total. The van der Waals surface area contributed by atoms with E-state index in [1.165, 1.54) is 17.0 Å². The van der Waals surface area contributed by atoms with Gasteiger partial charge in [0.05, 0.1) is 0 Å². The van der Waals surface area contributed by atoms with Gasteiger partial charge in [-0.2, -0.15) is 0 Å². The highest BCUT2D eigenvalue weighted by atomic mass is 15.0. The summed E-state index contributed by atoms with van der Waals surface area (Å²) in [4.78, 5) is 9.39. The van der Waals surface area contributed by atoms with Crippen LogP contribution < -0.4 is 0 Å². The molecule has 2 nitrogen and oxygen atoms in total. The summed E-state index contributed by atoms with van der Waals surface area (Å²) in [5.41, 5.74) is 4.36. The lowest BCUT2D eigenvalue weighted by Crippen LogP contribution is -2.22. The van der Waals surface area contributed by atoms with Crippen molar-refractivity contribution >= 4 is 11.4 Å². The maximum atomic E-state index is 4.69. The molecule has 2 rings (SSSR count). The SMILES string of the molecule is CC(C)(C)C1=NC2=C(C1)CC(C(C)(C)C)=N2. The van der Waals surface area contributed by atoms with Crippen LogP contribution in [0.5, 0.6) is 0 Å². The molecule has 0 aromatic heterocycles. The van der Waals surface area contributed by atoms with Gasteiger partial charge in [-0.1, -0.05) is 41.5 Å². The van der Waals surface area contributed by atoms with Gasteiger partial charge >= 0.3 is 0 Å². The summed E-state index contributed by atoms with van der Waals surface area (Å²) < 4.78 is 0. The van der Waals surface area contributed by atoms with E-state index in [0.29, 0.717) is 0 Å². The molecule has 2 heteroatoms. The Morgan fingerprint density at radius 3 is 1.38 bits per heavy atom. The topological polar surface area (TPSA) is 24.7 Å². The van der Waals surface area contributed by atoms with E-state index in [1.807, 2.05) is 0 Å². The fourth-order valence-corrected chi connectivity index (χ4v) is 2.01. The molecule has 88 valence electrons. The van der Waals surface area contributed by atoms with Gasteiger partial charge in [0.2, 0.25) is 0 Å². The van der Waals surface area contributed by atoms with Crippen LogP contribution in [-0.4, -0.2) is 11.4 Å². The van der Waals surface area contributed by atoms with Crippen molar-refractivity contribution in [3.8, 4) is 0 Å². The second-order valence-electron chi connectivity index (χ2n) is 6.90. The van der Waals surface area contributed by atoms with Gasteiger partial charge in [-0.05, 0) is 5.57 Å². The molecule has 0 amide bonds. The van der Waals surface area contributed by atoms with E-state index in [-0.39, 0.29) is 10.8 Å². The zero-order chi connectivity index (χ0) is 12.1. The van der Waals surface area contributed by atoms with Crippen LogP contribution in [0, 0.1) is 10.8 Å². The predicted octanol–water partition coefficient (Wildman–Crippen LogP) is 3.98. The van der Waals surface area contributed by atoms with Crippen molar-refractivity contribution in [3.63, 3.8) is 0 Å². The molecule has 2 aliphatic rings. The molecule has 0 aromatic rings. The van der Waals surface area contributed by atoms with E-state index >= 15 is 0 Å². The maximum absolute atomic E-state index is 4.69. The Labute approximate surface area is 98.6 Å². The average molecular weight is 218 g/mol. The average Bonchev–Trinajstić information content (AvgIpc) is 2.53. The Hall–Kier alpha value is -0.920. The molecule has 2 aliphatic heterocycles. The molecule has 0 unspecified atom stereocenters. The minimum atomic E-state index is 0.182. The summed E-state index contributed by atoms with van der Waals surface area (Å²) in [6.45, 7) is 13.3. The summed E-state index contributed by atoms with van der Waals surface area (Å²) in [6, 6.07) is 0. The van der Waals surface area contributed by atoms with Crippen molar-refractivity contribution in [1.29, 1.82) is 0 Å². The first kappa shape index (κ1) is 11.6. The van der Waals surface area contributed by atoms with Crippen LogP contribution in [0.15, 0.2) is 21.4 Å².